The number of aromatic nitrogens is 4. The number of benzene rings is 1. The highest BCUT2D eigenvalue weighted by molar-refractivity contribution is 6.99. The average Bonchev–Trinajstić information content (AvgIpc) is 3.37. The van der Waals surface area contributed by atoms with Crippen molar-refractivity contribution in [3.63, 3.8) is 0 Å². The van der Waals surface area contributed by atoms with Gasteiger partial charge >= 0.3 is 0 Å². The predicted molar refractivity (Wildman–Crippen MR) is 102 cm³/mol. The molecular weight excluding hydrogens is 348 g/mol. The zero-order chi connectivity index (χ0) is 17.3. The number of rotatable bonds is 5. The van der Waals surface area contributed by atoms with Crippen LogP contribution in [0.15, 0.2) is 30.7 Å². The minimum absolute atomic E-state index is 0.705. The normalized spacial score (nSPS) is 17.7. The lowest BCUT2D eigenvalue weighted by molar-refractivity contribution is 0.292. The molecule has 1 aliphatic heterocycles. The molecule has 1 saturated carbocycles. The molecule has 2 aliphatic rings. The van der Waals surface area contributed by atoms with E-state index in [1.807, 2.05) is 6.20 Å². The molecule has 1 saturated heterocycles. The van der Waals surface area contributed by atoms with Gasteiger partial charge in [-0.1, -0.05) is 0 Å². The van der Waals surface area contributed by atoms with Gasteiger partial charge in [0.15, 0.2) is 5.82 Å². The minimum atomic E-state index is 0.705. The zero-order valence-corrected chi connectivity index (χ0v) is 15.2. The number of hydrogen-bond acceptors (Lipinski definition) is 8. The molecule has 0 spiro atoms. The average molecular weight is 368 g/mol. The van der Waals surface area contributed by atoms with Crippen molar-refractivity contribution in [3.8, 4) is 5.88 Å². The summed E-state index contributed by atoms with van der Waals surface area (Å²) in [7, 11) is 0. The van der Waals surface area contributed by atoms with Crippen LogP contribution in [0.4, 0.5) is 11.5 Å². The van der Waals surface area contributed by atoms with Crippen LogP contribution in [0.2, 0.25) is 0 Å². The van der Waals surface area contributed by atoms with E-state index < -0.39 is 0 Å². The van der Waals surface area contributed by atoms with E-state index in [9.17, 15) is 0 Å². The Morgan fingerprint density at radius 2 is 1.92 bits per heavy atom. The minimum Gasteiger partial charge on any atom is -0.477 e. The Kier molecular flexibility index (Phi) is 4.05. The van der Waals surface area contributed by atoms with Gasteiger partial charge < -0.3 is 14.5 Å². The second-order valence-electron chi connectivity index (χ2n) is 6.87. The van der Waals surface area contributed by atoms with Gasteiger partial charge in [-0.05, 0) is 37.0 Å². The summed E-state index contributed by atoms with van der Waals surface area (Å²) in [6.45, 7) is 4.56. The van der Waals surface area contributed by atoms with E-state index >= 15 is 0 Å². The van der Waals surface area contributed by atoms with Crippen molar-refractivity contribution in [2.45, 2.75) is 12.8 Å². The lowest BCUT2D eigenvalue weighted by Gasteiger charge is -2.36. The number of piperazine rings is 1. The van der Waals surface area contributed by atoms with E-state index in [0.717, 1.165) is 49.5 Å². The van der Waals surface area contributed by atoms with Gasteiger partial charge in [-0.3, -0.25) is 0 Å². The van der Waals surface area contributed by atoms with Gasteiger partial charge in [-0.15, -0.1) is 0 Å². The Morgan fingerprint density at radius 3 is 2.69 bits per heavy atom. The van der Waals surface area contributed by atoms with Crippen LogP contribution in [0.1, 0.15) is 12.8 Å². The second kappa shape index (κ2) is 6.68. The Labute approximate surface area is 156 Å². The number of hydrogen-bond donors (Lipinski definition) is 0. The van der Waals surface area contributed by atoms with Crippen molar-refractivity contribution in [1.29, 1.82) is 0 Å². The first-order chi connectivity index (χ1) is 12.9. The van der Waals surface area contributed by atoms with Crippen molar-refractivity contribution >= 4 is 34.1 Å². The lowest BCUT2D eigenvalue weighted by atomic mass is 10.2. The van der Waals surface area contributed by atoms with Crippen molar-refractivity contribution in [1.82, 2.24) is 18.7 Å². The van der Waals surface area contributed by atoms with Gasteiger partial charge in [0.1, 0.15) is 6.33 Å². The number of fused-ring (bicyclic) bond motifs is 1. The highest BCUT2D eigenvalue weighted by atomic mass is 32.1. The number of nitrogens with zero attached hydrogens (tertiary/aromatic N) is 6. The Bertz CT molecular complexity index is 890. The van der Waals surface area contributed by atoms with Gasteiger partial charge in [0.2, 0.25) is 5.88 Å². The summed E-state index contributed by atoms with van der Waals surface area (Å²) in [4.78, 5) is 13.4. The maximum Gasteiger partial charge on any atom is 0.224 e. The topological polar surface area (TPSA) is 67.3 Å². The molecule has 1 aromatic carbocycles. The monoisotopic (exact) mass is 368 g/mol. The molecule has 0 amide bonds. The maximum absolute atomic E-state index is 5.96. The van der Waals surface area contributed by atoms with E-state index in [-0.39, 0.29) is 0 Å². The summed E-state index contributed by atoms with van der Waals surface area (Å²) in [6.07, 6.45) is 5.97. The molecule has 3 heterocycles. The molecule has 134 valence electrons. The molecule has 0 N–H and O–H groups in total. The van der Waals surface area contributed by atoms with Crippen LogP contribution >= 0.6 is 11.7 Å². The largest absolute Gasteiger partial charge is 0.477 e. The van der Waals surface area contributed by atoms with Crippen molar-refractivity contribution < 1.29 is 4.74 Å². The van der Waals surface area contributed by atoms with Crippen LogP contribution in [-0.2, 0) is 0 Å². The third kappa shape index (κ3) is 3.16. The number of anilines is 2. The first kappa shape index (κ1) is 15.7. The molecule has 7 nitrogen and oxygen atoms in total. The van der Waals surface area contributed by atoms with Crippen LogP contribution in [0.5, 0.6) is 5.88 Å². The third-order valence-corrected chi connectivity index (χ3v) is 5.52. The van der Waals surface area contributed by atoms with Gasteiger partial charge in [-0.25, -0.2) is 9.97 Å². The maximum atomic E-state index is 5.96. The van der Waals surface area contributed by atoms with Gasteiger partial charge in [0.05, 0.1) is 35.4 Å². The highest BCUT2D eigenvalue weighted by Crippen LogP contribution is 2.32. The Morgan fingerprint density at radius 1 is 1.08 bits per heavy atom. The van der Waals surface area contributed by atoms with E-state index in [4.69, 9.17) is 4.74 Å². The predicted octanol–water partition coefficient (Wildman–Crippen LogP) is 2.60. The summed E-state index contributed by atoms with van der Waals surface area (Å²) < 4.78 is 14.4. The lowest BCUT2D eigenvalue weighted by Crippen LogP contribution is -2.46. The SMILES string of the molecule is c1nc(OCC2CC2)c2cc(N3CCN(c4cnsn4)CC3)ccc2n1. The van der Waals surface area contributed by atoms with Crippen molar-refractivity contribution in [3.05, 3.63) is 30.7 Å². The molecule has 1 aliphatic carbocycles. The van der Waals surface area contributed by atoms with E-state index in [2.05, 4.69) is 46.7 Å². The number of ether oxygens (including phenoxy) is 1. The van der Waals surface area contributed by atoms with Crippen LogP contribution in [0, 0.1) is 5.92 Å². The first-order valence-corrected chi connectivity index (χ1v) is 9.75. The highest BCUT2D eigenvalue weighted by Gasteiger charge is 2.23. The molecule has 8 heteroatoms. The first-order valence-electron chi connectivity index (χ1n) is 9.02. The fourth-order valence-electron chi connectivity index (χ4n) is 3.31. The molecular formula is C18H20N6OS. The molecule has 2 fully saturated rings. The van der Waals surface area contributed by atoms with Crippen LogP contribution in [0.25, 0.3) is 10.9 Å². The fraction of sp³-hybridized carbons (Fsp3) is 0.444. The summed E-state index contributed by atoms with van der Waals surface area (Å²) in [6, 6.07) is 6.37. The molecule has 0 radical (unpaired) electrons. The van der Waals surface area contributed by atoms with Crippen LogP contribution < -0.4 is 14.5 Å². The molecule has 3 aromatic rings. The second-order valence-corrected chi connectivity index (χ2v) is 7.43. The summed E-state index contributed by atoms with van der Waals surface area (Å²) in [5.74, 6) is 2.39. The van der Waals surface area contributed by atoms with Crippen molar-refractivity contribution in [2.75, 3.05) is 42.6 Å². The van der Waals surface area contributed by atoms with E-state index in [1.54, 1.807) is 6.33 Å². The van der Waals surface area contributed by atoms with E-state index in [1.165, 1.54) is 30.3 Å². The Hall–Kier alpha value is -2.48. The Balaban J connectivity index is 1.34. The van der Waals surface area contributed by atoms with Crippen LogP contribution in [0.3, 0.4) is 0 Å². The van der Waals surface area contributed by atoms with Crippen molar-refractivity contribution in [2.24, 2.45) is 5.92 Å². The fourth-order valence-corrected chi connectivity index (χ4v) is 3.74. The zero-order valence-electron chi connectivity index (χ0n) is 14.4. The van der Waals surface area contributed by atoms with Crippen LogP contribution in [-0.4, -0.2) is 51.5 Å². The molecule has 2 aromatic heterocycles. The quantitative estimate of drug-likeness (QED) is 0.686. The summed E-state index contributed by atoms with van der Waals surface area (Å²) >= 11 is 1.26. The molecule has 5 rings (SSSR count). The third-order valence-electron chi connectivity index (χ3n) is 5.05. The summed E-state index contributed by atoms with van der Waals surface area (Å²) in [5, 5.41) is 0.997. The van der Waals surface area contributed by atoms with Gasteiger partial charge in [-0.2, -0.15) is 8.75 Å². The van der Waals surface area contributed by atoms with E-state index in [0.29, 0.717) is 11.8 Å². The molecule has 0 atom stereocenters. The summed E-state index contributed by atoms with van der Waals surface area (Å²) in [5.41, 5.74) is 2.13. The molecule has 0 bridgehead atoms. The standard InChI is InChI=1S/C18H20N6OS/c1-2-13(1)11-25-18-15-9-14(3-4-16(15)19-12-20-18)23-5-7-24(8-6-23)17-10-21-26-22-17/h3-4,9-10,12-13H,1-2,5-8,11H2. The molecule has 0 unspecified atom stereocenters. The smallest absolute Gasteiger partial charge is 0.224 e. The van der Waals surface area contributed by atoms with Gasteiger partial charge in [0.25, 0.3) is 0 Å². The molecule has 26 heavy (non-hydrogen) atoms. The van der Waals surface area contributed by atoms with Gasteiger partial charge in [0, 0.05) is 31.9 Å².